The first kappa shape index (κ1) is 24.8. The van der Waals surface area contributed by atoms with E-state index in [1.54, 1.807) is 31.4 Å². The van der Waals surface area contributed by atoms with Crippen molar-refractivity contribution in [1.82, 2.24) is 4.90 Å². The van der Waals surface area contributed by atoms with Crippen LogP contribution in [-0.4, -0.2) is 43.2 Å². The van der Waals surface area contributed by atoms with E-state index in [2.05, 4.69) is 37.9 Å². The maximum atomic E-state index is 12.4. The molecule has 0 fully saturated rings. The number of hydrogen-bond acceptors (Lipinski definition) is 4. The monoisotopic (exact) mass is 444 g/mol. The van der Waals surface area contributed by atoms with Gasteiger partial charge in [-0.15, -0.1) is 0 Å². The summed E-state index contributed by atoms with van der Waals surface area (Å²) in [6, 6.07) is 11.9. The number of carbonyl (C=O) groups excluding carboxylic acids is 1. The third-order valence-electron chi connectivity index (χ3n) is 4.97. The number of ether oxygens (including phenoxy) is 2. The predicted octanol–water partition coefficient (Wildman–Crippen LogP) is 5.81. The van der Waals surface area contributed by atoms with E-state index in [0.717, 1.165) is 17.7 Å². The second-order valence-corrected chi connectivity index (χ2v) is 8.38. The van der Waals surface area contributed by atoms with Gasteiger partial charge in [0.05, 0.1) is 7.11 Å². The molecule has 0 aliphatic carbocycles. The number of rotatable bonds is 10. The fourth-order valence-electron chi connectivity index (χ4n) is 3.37. The molecule has 0 bridgehead atoms. The summed E-state index contributed by atoms with van der Waals surface area (Å²) in [5, 5.41) is 3.57. The molecule has 1 amide bonds. The number of carbonyl (C=O) groups is 1. The van der Waals surface area contributed by atoms with E-state index in [-0.39, 0.29) is 5.91 Å². The van der Waals surface area contributed by atoms with Gasteiger partial charge >= 0.3 is 0 Å². The van der Waals surface area contributed by atoms with Crippen molar-refractivity contribution >= 4 is 29.3 Å². The second-order valence-electron chi connectivity index (χ2n) is 7.97. The molecule has 168 valence electrons. The number of benzene rings is 2. The van der Waals surface area contributed by atoms with Crippen molar-refractivity contribution in [3.8, 4) is 11.5 Å². The molecule has 31 heavy (non-hydrogen) atoms. The first-order valence-electron chi connectivity index (χ1n) is 10.5. The van der Waals surface area contributed by atoms with Crippen molar-refractivity contribution in [3.63, 3.8) is 0 Å². The molecule has 0 atom stereocenters. The van der Waals surface area contributed by atoms with Crippen LogP contribution in [0.2, 0.25) is 5.02 Å². The van der Waals surface area contributed by atoms with Gasteiger partial charge in [0.25, 0.3) is 0 Å². The number of hydrogen-bond donors (Lipinski definition) is 1. The van der Waals surface area contributed by atoms with Crippen molar-refractivity contribution < 1.29 is 14.3 Å². The van der Waals surface area contributed by atoms with E-state index < -0.39 is 0 Å². The molecule has 0 radical (unpaired) electrons. The Labute approximate surface area is 191 Å². The number of aryl methyl sites for hydroxylation is 1. The Hall–Kier alpha value is -2.50. The molecular weight excluding hydrogens is 412 g/mol. The van der Waals surface area contributed by atoms with E-state index in [1.807, 2.05) is 25.1 Å². The highest BCUT2D eigenvalue weighted by Crippen LogP contribution is 2.30. The molecule has 5 nitrogen and oxygen atoms in total. The Morgan fingerprint density at radius 1 is 1.10 bits per heavy atom. The van der Waals surface area contributed by atoms with Crippen LogP contribution in [0.5, 0.6) is 11.5 Å². The summed E-state index contributed by atoms with van der Waals surface area (Å²) in [6.07, 6.45) is 3.25. The van der Waals surface area contributed by atoms with Crippen molar-refractivity contribution in [2.24, 2.45) is 0 Å². The van der Waals surface area contributed by atoms with Crippen LogP contribution in [0.25, 0.3) is 6.08 Å². The lowest BCUT2D eigenvalue weighted by molar-refractivity contribution is -0.111. The van der Waals surface area contributed by atoms with Crippen LogP contribution in [0, 0.1) is 6.92 Å². The number of amides is 1. The first-order chi connectivity index (χ1) is 14.7. The van der Waals surface area contributed by atoms with Crippen LogP contribution >= 0.6 is 11.6 Å². The summed E-state index contributed by atoms with van der Waals surface area (Å²) in [5.74, 6) is 1.01. The van der Waals surface area contributed by atoms with Crippen LogP contribution in [-0.2, 0) is 4.79 Å². The average Bonchev–Trinajstić information content (AvgIpc) is 2.71. The number of halogens is 1. The molecule has 6 heteroatoms. The number of nitrogens with zero attached hydrogens (tertiary/aromatic N) is 1. The summed E-state index contributed by atoms with van der Waals surface area (Å²) < 4.78 is 11.4. The molecule has 0 aromatic heterocycles. The van der Waals surface area contributed by atoms with Crippen LogP contribution in [0.15, 0.2) is 42.5 Å². The van der Waals surface area contributed by atoms with Crippen LogP contribution in [0.4, 0.5) is 5.69 Å². The van der Waals surface area contributed by atoms with Crippen molar-refractivity contribution in [2.75, 3.05) is 25.6 Å². The van der Waals surface area contributed by atoms with Crippen molar-refractivity contribution in [1.29, 1.82) is 0 Å². The molecule has 2 aromatic rings. The Morgan fingerprint density at radius 2 is 1.81 bits per heavy atom. The number of nitrogens with one attached hydrogen (secondary N) is 1. The van der Waals surface area contributed by atoms with Gasteiger partial charge in [-0.2, -0.15) is 0 Å². The third-order valence-corrected chi connectivity index (χ3v) is 5.40. The summed E-state index contributed by atoms with van der Waals surface area (Å²) in [7, 11) is 1.60. The van der Waals surface area contributed by atoms with Gasteiger partial charge in [-0.1, -0.05) is 23.7 Å². The van der Waals surface area contributed by atoms with E-state index in [1.165, 1.54) is 6.08 Å². The average molecular weight is 445 g/mol. The summed E-state index contributed by atoms with van der Waals surface area (Å²) >= 11 is 6.05. The molecule has 0 saturated heterocycles. The fraction of sp³-hybridized carbons (Fsp3) is 0.400. The minimum absolute atomic E-state index is 0.227. The molecular formula is C25H33ClN2O3. The van der Waals surface area contributed by atoms with Gasteiger partial charge in [-0.05, 0) is 70.0 Å². The fourth-order valence-corrected chi connectivity index (χ4v) is 3.49. The zero-order chi connectivity index (χ0) is 23.0. The lowest BCUT2D eigenvalue weighted by Gasteiger charge is -2.30. The molecule has 0 aliphatic heterocycles. The van der Waals surface area contributed by atoms with E-state index in [9.17, 15) is 4.79 Å². The van der Waals surface area contributed by atoms with E-state index in [0.29, 0.717) is 40.9 Å². The van der Waals surface area contributed by atoms with Gasteiger partial charge in [0, 0.05) is 41.5 Å². The van der Waals surface area contributed by atoms with Crippen LogP contribution in [0.1, 0.15) is 38.8 Å². The minimum atomic E-state index is -0.227. The Balaban J connectivity index is 2.02. The van der Waals surface area contributed by atoms with Gasteiger partial charge in [0.15, 0.2) is 11.5 Å². The van der Waals surface area contributed by atoms with E-state index in [4.69, 9.17) is 21.1 Å². The molecule has 0 spiro atoms. The Morgan fingerprint density at radius 3 is 2.42 bits per heavy atom. The van der Waals surface area contributed by atoms with E-state index >= 15 is 0 Å². The molecule has 0 saturated carbocycles. The molecule has 2 aromatic carbocycles. The number of anilines is 1. The maximum Gasteiger partial charge on any atom is 0.248 e. The quantitative estimate of drug-likeness (QED) is 0.470. The second kappa shape index (κ2) is 11.8. The third kappa shape index (κ3) is 7.60. The van der Waals surface area contributed by atoms with Crippen molar-refractivity contribution in [3.05, 3.63) is 58.6 Å². The maximum absolute atomic E-state index is 12.4. The molecule has 1 N–H and O–H groups in total. The topological polar surface area (TPSA) is 50.8 Å². The first-order valence-corrected chi connectivity index (χ1v) is 10.9. The molecule has 0 unspecified atom stereocenters. The predicted molar refractivity (Wildman–Crippen MR) is 129 cm³/mol. The zero-order valence-electron chi connectivity index (χ0n) is 19.2. The zero-order valence-corrected chi connectivity index (χ0v) is 20.0. The summed E-state index contributed by atoms with van der Waals surface area (Å²) in [5.41, 5.74) is 2.52. The highest BCUT2D eigenvalue weighted by molar-refractivity contribution is 6.31. The Bertz CT molecular complexity index is 902. The summed E-state index contributed by atoms with van der Waals surface area (Å²) in [4.78, 5) is 14.7. The largest absolute Gasteiger partial charge is 0.493 e. The minimum Gasteiger partial charge on any atom is -0.493 e. The normalized spacial score (nSPS) is 11.5. The molecule has 2 rings (SSSR count). The highest BCUT2D eigenvalue weighted by atomic mass is 35.5. The standard InChI is InChI=1S/C25H33ClN2O3/c1-17(2)28(18(3)4)13-14-31-24-16-21(9-11-23(24)30-6)27-25(29)12-8-20-7-10-22(26)19(5)15-20/h7-12,15-18H,13-14H2,1-6H3,(H,27,29)/b12-8+. The van der Waals surface area contributed by atoms with Gasteiger partial charge in [0.1, 0.15) is 6.61 Å². The van der Waals surface area contributed by atoms with Crippen LogP contribution < -0.4 is 14.8 Å². The molecule has 0 aliphatic rings. The summed E-state index contributed by atoms with van der Waals surface area (Å²) in [6.45, 7) is 12.0. The lowest BCUT2D eigenvalue weighted by Crippen LogP contribution is -2.39. The SMILES string of the molecule is COc1ccc(NC(=O)/C=C/c2ccc(Cl)c(C)c2)cc1OCCN(C(C)C)C(C)C. The van der Waals surface area contributed by atoms with Gasteiger partial charge in [-0.25, -0.2) is 0 Å². The van der Waals surface area contributed by atoms with Crippen molar-refractivity contribution in [2.45, 2.75) is 46.7 Å². The van der Waals surface area contributed by atoms with Gasteiger partial charge < -0.3 is 14.8 Å². The van der Waals surface area contributed by atoms with Gasteiger partial charge in [0.2, 0.25) is 5.91 Å². The Kier molecular flexibility index (Phi) is 9.41. The van der Waals surface area contributed by atoms with Crippen LogP contribution in [0.3, 0.4) is 0 Å². The van der Waals surface area contributed by atoms with Gasteiger partial charge in [-0.3, -0.25) is 9.69 Å². The molecule has 0 heterocycles. The highest BCUT2D eigenvalue weighted by Gasteiger charge is 2.14. The lowest BCUT2D eigenvalue weighted by atomic mass is 10.1. The smallest absolute Gasteiger partial charge is 0.248 e. The number of methoxy groups -OCH3 is 1.